The molecule has 0 aromatic heterocycles. The predicted molar refractivity (Wildman–Crippen MR) is 77.5 cm³/mol. The highest BCUT2D eigenvalue weighted by Gasteiger charge is 2.36. The van der Waals surface area contributed by atoms with Crippen LogP contribution in [0.3, 0.4) is 0 Å². The van der Waals surface area contributed by atoms with Crippen LogP contribution in [0.5, 0.6) is 0 Å². The molecule has 2 rings (SSSR count). The molecule has 1 aliphatic rings. The lowest BCUT2D eigenvalue weighted by molar-refractivity contribution is 0.350. The maximum Gasteiger partial charge on any atom is 0.243 e. The van der Waals surface area contributed by atoms with Gasteiger partial charge in [-0.05, 0) is 43.9 Å². The predicted octanol–water partition coefficient (Wildman–Crippen LogP) is 1.59. The average Bonchev–Trinajstić information content (AvgIpc) is 3.28. The van der Waals surface area contributed by atoms with E-state index in [0.717, 1.165) is 18.9 Å². The molecule has 0 heterocycles. The molecule has 1 saturated carbocycles. The summed E-state index contributed by atoms with van der Waals surface area (Å²) < 4.78 is 40.1. The molecule has 0 radical (unpaired) electrons. The van der Waals surface area contributed by atoms with Gasteiger partial charge in [-0.25, -0.2) is 12.8 Å². The van der Waals surface area contributed by atoms with Crippen molar-refractivity contribution in [3.63, 3.8) is 0 Å². The molecule has 1 atom stereocenters. The number of rotatable bonds is 4. The van der Waals surface area contributed by atoms with Crippen molar-refractivity contribution in [1.82, 2.24) is 4.31 Å². The van der Waals surface area contributed by atoms with Crippen molar-refractivity contribution in [2.75, 3.05) is 13.7 Å². The molecule has 1 unspecified atom stereocenters. The Labute approximate surface area is 124 Å². The van der Waals surface area contributed by atoms with E-state index >= 15 is 0 Å². The largest absolute Gasteiger partial charge is 0.384 e. The van der Waals surface area contributed by atoms with Crippen molar-refractivity contribution in [1.29, 1.82) is 0 Å². The second-order valence-corrected chi connectivity index (χ2v) is 7.20. The molecule has 0 spiro atoms. The third-order valence-corrected chi connectivity index (χ3v) is 5.74. The van der Waals surface area contributed by atoms with E-state index in [9.17, 15) is 12.8 Å². The summed E-state index contributed by atoms with van der Waals surface area (Å²) in [5.74, 6) is 4.46. The van der Waals surface area contributed by atoms with Crippen molar-refractivity contribution in [3.05, 3.63) is 29.6 Å². The first kappa shape index (κ1) is 16.0. The molecule has 1 fully saturated rings. The number of aliphatic hydroxyl groups excluding tert-OH is 1. The second-order valence-electron chi connectivity index (χ2n) is 5.20. The Bertz CT molecular complexity index is 687. The number of sulfonamides is 1. The fourth-order valence-corrected chi connectivity index (χ4v) is 3.59. The Morgan fingerprint density at radius 3 is 2.67 bits per heavy atom. The lowest BCUT2D eigenvalue weighted by atomic mass is 10.2. The van der Waals surface area contributed by atoms with Gasteiger partial charge in [0.05, 0.1) is 10.5 Å². The van der Waals surface area contributed by atoms with Crippen LogP contribution in [-0.2, 0) is 10.0 Å². The first-order valence-corrected chi connectivity index (χ1v) is 8.19. The van der Waals surface area contributed by atoms with E-state index in [-0.39, 0.29) is 23.1 Å². The average molecular weight is 311 g/mol. The summed E-state index contributed by atoms with van der Waals surface area (Å²) in [7, 11) is -2.18. The van der Waals surface area contributed by atoms with Crippen LogP contribution < -0.4 is 0 Å². The minimum absolute atomic E-state index is 0.0703. The Hall–Kier alpha value is -1.42. The highest BCUT2D eigenvalue weighted by atomic mass is 32.2. The molecule has 21 heavy (non-hydrogen) atoms. The minimum Gasteiger partial charge on any atom is -0.384 e. The van der Waals surface area contributed by atoms with Crippen LogP contribution in [0.2, 0.25) is 0 Å². The van der Waals surface area contributed by atoms with E-state index in [4.69, 9.17) is 5.11 Å². The third kappa shape index (κ3) is 3.43. The number of nitrogens with zero attached hydrogens (tertiary/aromatic N) is 1. The number of halogens is 1. The molecule has 114 valence electrons. The van der Waals surface area contributed by atoms with Crippen LogP contribution in [0.1, 0.15) is 25.3 Å². The van der Waals surface area contributed by atoms with E-state index in [2.05, 4.69) is 11.8 Å². The van der Waals surface area contributed by atoms with E-state index < -0.39 is 15.8 Å². The Kier molecular flexibility index (Phi) is 4.67. The molecule has 0 bridgehead atoms. The molecule has 0 saturated heterocycles. The number of aliphatic hydroxyl groups is 1. The minimum atomic E-state index is -3.71. The van der Waals surface area contributed by atoms with Gasteiger partial charge in [0.15, 0.2) is 0 Å². The summed E-state index contributed by atoms with van der Waals surface area (Å²) in [6.07, 6.45) is 2.07. The van der Waals surface area contributed by atoms with Gasteiger partial charge in [-0.15, -0.1) is 0 Å². The normalized spacial score (nSPS) is 16.4. The first-order valence-electron chi connectivity index (χ1n) is 6.75. The van der Waals surface area contributed by atoms with E-state index in [1.165, 1.54) is 23.5 Å². The number of hydrogen-bond acceptors (Lipinski definition) is 3. The first-order chi connectivity index (χ1) is 9.87. The van der Waals surface area contributed by atoms with Crippen molar-refractivity contribution >= 4 is 10.0 Å². The summed E-state index contributed by atoms with van der Waals surface area (Å²) in [4.78, 5) is -0.0791. The fourth-order valence-electron chi connectivity index (χ4n) is 2.15. The molecular weight excluding hydrogens is 293 g/mol. The molecule has 0 amide bonds. The molecule has 1 N–H and O–H groups in total. The Morgan fingerprint density at radius 1 is 1.48 bits per heavy atom. The van der Waals surface area contributed by atoms with E-state index in [1.54, 1.807) is 0 Å². The summed E-state index contributed by atoms with van der Waals surface area (Å²) in [6.45, 7) is 1.49. The van der Waals surface area contributed by atoms with Crippen LogP contribution in [0.25, 0.3) is 0 Å². The topological polar surface area (TPSA) is 57.6 Å². The fraction of sp³-hybridized carbons (Fsp3) is 0.467. The molecule has 1 aliphatic carbocycles. The smallest absolute Gasteiger partial charge is 0.243 e. The SMILES string of the molecule is CC(C1CC1)N(C)S(=O)(=O)c1ccc(C#CCO)c(F)c1. The van der Waals surface area contributed by atoms with Crippen LogP contribution in [0.4, 0.5) is 4.39 Å². The van der Waals surface area contributed by atoms with Crippen molar-refractivity contribution in [3.8, 4) is 11.8 Å². The maximum absolute atomic E-state index is 13.9. The summed E-state index contributed by atoms with van der Waals surface area (Å²) in [6, 6.07) is 3.55. The monoisotopic (exact) mass is 311 g/mol. The van der Waals surface area contributed by atoms with Gasteiger partial charge in [0.2, 0.25) is 10.0 Å². The standard InChI is InChI=1S/C15H18FNO3S/c1-11(12-5-6-12)17(2)21(19,20)14-8-7-13(4-3-9-18)15(16)10-14/h7-8,10-12,18H,5-6,9H2,1-2H3. The zero-order chi connectivity index (χ0) is 15.6. The van der Waals surface area contributed by atoms with Crippen molar-refractivity contribution in [2.45, 2.75) is 30.7 Å². The van der Waals surface area contributed by atoms with Crippen LogP contribution in [0.15, 0.2) is 23.1 Å². The highest BCUT2D eigenvalue weighted by Crippen LogP contribution is 2.36. The number of hydrogen-bond donors (Lipinski definition) is 1. The van der Waals surface area contributed by atoms with Gasteiger partial charge in [0, 0.05) is 13.1 Å². The van der Waals surface area contributed by atoms with Crippen molar-refractivity contribution in [2.24, 2.45) is 5.92 Å². The summed E-state index contributed by atoms with van der Waals surface area (Å²) in [5, 5.41) is 8.60. The zero-order valence-electron chi connectivity index (χ0n) is 12.0. The van der Waals surface area contributed by atoms with Crippen LogP contribution in [0, 0.1) is 23.6 Å². The van der Waals surface area contributed by atoms with Gasteiger partial charge in [0.1, 0.15) is 12.4 Å². The van der Waals surface area contributed by atoms with E-state index in [0.29, 0.717) is 5.92 Å². The lowest BCUT2D eigenvalue weighted by Crippen LogP contribution is -2.36. The van der Waals surface area contributed by atoms with Gasteiger partial charge in [-0.1, -0.05) is 11.8 Å². The van der Waals surface area contributed by atoms with Gasteiger partial charge >= 0.3 is 0 Å². The molecule has 4 nitrogen and oxygen atoms in total. The second kappa shape index (κ2) is 6.14. The highest BCUT2D eigenvalue weighted by molar-refractivity contribution is 7.89. The Morgan fingerprint density at radius 2 is 2.14 bits per heavy atom. The van der Waals surface area contributed by atoms with E-state index in [1.807, 2.05) is 6.92 Å². The van der Waals surface area contributed by atoms with Gasteiger partial charge in [-0.2, -0.15) is 4.31 Å². The van der Waals surface area contributed by atoms with Gasteiger partial charge < -0.3 is 5.11 Å². The molecule has 6 heteroatoms. The third-order valence-electron chi connectivity index (χ3n) is 3.80. The molecule has 1 aromatic carbocycles. The van der Waals surface area contributed by atoms with Crippen LogP contribution in [-0.4, -0.2) is 37.5 Å². The van der Waals surface area contributed by atoms with Gasteiger partial charge in [-0.3, -0.25) is 0 Å². The lowest BCUT2D eigenvalue weighted by Gasteiger charge is -2.24. The molecular formula is C15H18FNO3S. The quantitative estimate of drug-likeness (QED) is 0.859. The van der Waals surface area contributed by atoms with Gasteiger partial charge in [0.25, 0.3) is 0 Å². The van der Waals surface area contributed by atoms with Crippen molar-refractivity contribution < 1.29 is 17.9 Å². The maximum atomic E-state index is 13.9. The summed E-state index contributed by atoms with van der Waals surface area (Å²) >= 11 is 0. The zero-order valence-corrected chi connectivity index (χ0v) is 12.8. The number of benzene rings is 1. The molecule has 0 aliphatic heterocycles. The summed E-state index contributed by atoms with van der Waals surface area (Å²) in [5.41, 5.74) is 0.0703. The Balaban J connectivity index is 2.30. The molecule has 1 aromatic rings. The van der Waals surface area contributed by atoms with Crippen LogP contribution >= 0.6 is 0 Å².